The smallest absolute Gasteiger partial charge is 0.0470 e. The van der Waals surface area contributed by atoms with E-state index in [9.17, 15) is 0 Å². The Morgan fingerprint density at radius 3 is 1.03 bits per heavy atom. The predicted molar refractivity (Wildman–Crippen MR) is 291 cm³/mol. The monoisotopic (exact) mass is 878 g/mol. The van der Waals surface area contributed by atoms with Gasteiger partial charge in [-0.25, -0.2) is 0 Å². The zero-order valence-corrected chi connectivity index (χ0v) is 39.0. The summed E-state index contributed by atoms with van der Waals surface area (Å²) < 4.78 is 0. The minimum absolute atomic E-state index is 1.01. The van der Waals surface area contributed by atoms with Crippen LogP contribution < -0.4 is 20.4 Å². The van der Waals surface area contributed by atoms with Crippen LogP contribution in [0.1, 0.15) is 22.3 Å². The van der Waals surface area contributed by atoms with Crippen molar-refractivity contribution in [1.29, 1.82) is 0 Å². The van der Waals surface area contributed by atoms with Gasteiger partial charge in [0.25, 0.3) is 0 Å². The molecular formula is C64H54N4. The Hall–Kier alpha value is -8.60. The van der Waals surface area contributed by atoms with Crippen LogP contribution in [0.4, 0.5) is 56.9 Å². The molecule has 4 heteroatoms. The van der Waals surface area contributed by atoms with Gasteiger partial charge in [0, 0.05) is 62.4 Å². The van der Waals surface area contributed by atoms with Gasteiger partial charge >= 0.3 is 0 Å². The van der Waals surface area contributed by atoms with Gasteiger partial charge < -0.3 is 20.4 Å². The largest absolute Gasteiger partial charge is 0.356 e. The molecule has 0 aliphatic carbocycles. The molecule has 0 bridgehead atoms. The summed E-state index contributed by atoms with van der Waals surface area (Å²) >= 11 is 0. The molecule has 0 heterocycles. The highest BCUT2D eigenvalue weighted by molar-refractivity contribution is 6.01. The zero-order chi connectivity index (χ0) is 46.4. The Balaban J connectivity index is 0.967. The van der Waals surface area contributed by atoms with E-state index < -0.39 is 0 Å². The Labute approximate surface area is 401 Å². The number of rotatable bonds is 13. The first-order chi connectivity index (χ1) is 33.3. The minimum atomic E-state index is 1.01. The number of nitrogens with zero attached hydrogens (tertiary/aromatic N) is 2. The molecule has 0 amide bonds. The Kier molecular flexibility index (Phi) is 12.4. The molecule has 10 aromatic carbocycles. The summed E-state index contributed by atoms with van der Waals surface area (Å²) in [6.45, 7) is 8.57. The SMILES string of the molecule is Cc1cccc(N(c2ccc(Nc3ccc(-c4ccc(Nc5ccc(N(c6cccc(C)c6)c6cccc(C)c6)cc5)c(-c5ccccc5)c4-c4ccccc4)cc3)cc2)c2cccc(C)c2)c1. The summed E-state index contributed by atoms with van der Waals surface area (Å²) in [6.07, 6.45) is 0. The zero-order valence-electron chi connectivity index (χ0n) is 39.0. The fourth-order valence-electron chi connectivity index (χ4n) is 9.16. The fraction of sp³-hybridized carbons (Fsp3) is 0.0625. The minimum Gasteiger partial charge on any atom is -0.356 e. The van der Waals surface area contributed by atoms with E-state index >= 15 is 0 Å². The highest BCUT2D eigenvalue weighted by Gasteiger charge is 2.20. The van der Waals surface area contributed by atoms with Gasteiger partial charge in [-0.15, -0.1) is 0 Å². The number of benzene rings is 10. The van der Waals surface area contributed by atoms with Crippen molar-refractivity contribution in [3.05, 3.63) is 265 Å². The lowest BCUT2D eigenvalue weighted by atomic mass is 9.86. The molecule has 0 unspecified atom stereocenters. The van der Waals surface area contributed by atoms with E-state index in [0.29, 0.717) is 0 Å². The molecule has 0 aliphatic rings. The molecule has 68 heavy (non-hydrogen) atoms. The maximum absolute atomic E-state index is 3.86. The van der Waals surface area contributed by atoms with Crippen LogP contribution in [0.25, 0.3) is 33.4 Å². The van der Waals surface area contributed by atoms with Crippen LogP contribution in [-0.2, 0) is 0 Å². The molecule has 0 radical (unpaired) electrons. The van der Waals surface area contributed by atoms with Crippen molar-refractivity contribution in [2.75, 3.05) is 20.4 Å². The van der Waals surface area contributed by atoms with E-state index in [4.69, 9.17) is 0 Å². The fourth-order valence-corrected chi connectivity index (χ4v) is 9.16. The van der Waals surface area contributed by atoms with Gasteiger partial charge in [0.1, 0.15) is 0 Å². The van der Waals surface area contributed by atoms with Crippen LogP contribution in [0.3, 0.4) is 0 Å². The molecule has 0 spiro atoms. The molecule has 4 nitrogen and oxygen atoms in total. The summed E-state index contributed by atoms with van der Waals surface area (Å²) in [5.74, 6) is 0. The number of hydrogen-bond donors (Lipinski definition) is 2. The number of nitrogens with one attached hydrogen (secondary N) is 2. The Morgan fingerprint density at radius 1 is 0.265 bits per heavy atom. The maximum Gasteiger partial charge on any atom is 0.0470 e. The molecule has 0 fully saturated rings. The highest BCUT2D eigenvalue weighted by Crippen LogP contribution is 2.46. The van der Waals surface area contributed by atoms with Crippen molar-refractivity contribution in [2.45, 2.75) is 27.7 Å². The van der Waals surface area contributed by atoms with Gasteiger partial charge in [-0.1, -0.05) is 127 Å². The summed E-state index contributed by atoms with van der Waals surface area (Å²) in [6, 6.07) is 87.0. The highest BCUT2D eigenvalue weighted by atomic mass is 15.1. The Bertz CT molecular complexity index is 3210. The van der Waals surface area contributed by atoms with E-state index in [0.717, 1.165) is 84.7 Å². The van der Waals surface area contributed by atoms with Crippen molar-refractivity contribution < 1.29 is 0 Å². The summed E-state index contributed by atoms with van der Waals surface area (Å²) in [5, 5.41) is 7.53. The topological polar surface area (TPSA) is 30.5 Å². The number of hydrogen-bond acceptors (Lipinski definition) is 4. The summed E-state index contributed by atoms with van der Waals surface area (Å²) in [5.41, 5.74) is 22.6. The molecule has 0 aliphatic heterocycles. The van der Waals surface area contributed by atoms with Gasteiger partial charge in [0.05, 0.1) is 0 Å². The third-order valence-corrected chi connectivity index (χ3v) is 12.4. The van der Waals surface area contributed by atoms with E-state index in [2.05, 4.69) is 291 Å². The van der Waals surface area contributed by atoms with Crippen molar-refractivity contribution in [3.63, 3.8) is 0 Å². The molecule has 0 saturated heterocycles. The van der Waals surface area contributed by atoms with Gasteiger partial charge in [-0.3, -0.25) is 0 Å². The number of anilines is 10. The van der Waals surface area contributed by atoms with Crippen molar-refractivity contribution >= 4 is 56.9 Å². The molecule has 2 N–H and O–H groups in total. The van der Waals surface area contributed by atoms with Crippen LogP contribution in [0, 0.1) is 27.7 Å². The van der Waals surface area contributed by atoms with Crippen LogP contribution >= 0.6 is 0 Å². The summed E-state index contributed by atoms with van der Waals surface area (Å²) in [7, 11) is 0. The molecule has 10 aromatic rings. The second kappa shape index (κ2) is 19.5. The van der Waals surface area contributed by atoms with Crippen molar-refractivity contribution in [3.8, 4) is 33.4 Å². The quantitative estimate of drug-likeness (QED) is 0.121. The van der Waals surface area contributed by atoms with Crippen molar-refractivity contribution in [1.82, 2.24) is 0 Å². The van der Waals surface area contributed by atoms with E-state index in [1.165, 1.54) is 27.8 Å². The van der Waals surface area contributed by atoms with Crippen LogP contribution in [0.15, 0.2) is 243 Å². The standard InChI is InChI=1S/C64H54N4/c1-45-15-11-23-57(41-45)67(58-24-12-16-46(2)42-58)55-35-31-53(32-36-55)65-52-29-27-49(28-30-52)61-39-40-62(64(51-21-9-6-10-22-51)63(61)50-19-7-5-8-20-50)66-54-33-37-56(38-34-54)68(59-25-13-17-47(3)43-59)60-26-14-18-48(4)44-60/h5-44,65-66H,1-4H3. The molecule has 0 saturated carbocycles. The first-order valence-electron chi connectivity index (χ1n) is 23.3. The van der Waals surface area contributed by atoms with Gasteiger partial charge in [0.15, 0.2) is 0 Å². The molecule has 10 rings (SSSR count). The first-order valence-corrected chi connectivity index (χ1v) is 23.3. The average Bonchev–Trinajstić information content (AvgIpc) is 3.36. The second-order valence-corrected chi connectivity index (χ2v) is 17.6. The van der Waals surface area contributed by atoms with Gasteiger partial charge in [0.2, 0.25) is 0 Å². The predicted octanol–water partition coefficient (Wildman–Crippen LogP) is 18.3. The normalized spacial score (nSPS) is 10.9. The lowest BCUT2D eigenvalue weighted by Crippen LogP contribution is -2.10. The van der Waals surface area contributed by atoms with Crippen molar-refractivity contribution in [2.24, 2.45) is 0 Å². The molecule has 330 valence electrons. The maximum atomic E-state index is 3.86. The van der Waals surface area contributed by atoms with E-state index in [1.807, 2.05) is 0 Å². The molecular weight excluding hydrogens is 825 g/mol. The van der Waals surface area contributed by atoms with Crippen LogP contribution in [-0.4, -0.2) is 0 Å². The van der Waals surface area contributed by atoms with E-state index in [-0.39, 0.29) is 0 Å². The molecule has 0 aromatic heterocycles. The molecule has 0 atom stereocenters. The van der Waals surface area contributed by atoms with Gasteiger partial charge in [-0.05, 0) is 193 Å². The number of aryl methyl sites for hydroxylation is 4. The lowest BCUT2D eigenvalue weighted by Gasteiger charge is -2.26. The third kappa shape index (κ3) is 9.53. The second-order valence-electron chi connectivity index (χ2n) is 17.6. The van der Waals surface area contributed by atoms with Crippen LogP contribution in [0.2, 0.25) is 0 Å². The first kappa shape index (κ1) is 43.3. The van der Waals surface area contributed by atoms with E-state index in [1.54, 1.807) is 0 Å². The Morgan fingerprint density at radius 2 is 0.632 bits per heavy atom. The lowest BCUT2D eigenvalue weighted by molar-refractivity contribution is 1.26. The van der Waals surface area contributed by atoms with Gasteiger partial charge in [-0.2, -0.15) is 0 Å². The summed E-state index contributed by atoms with van der Waals surface area (Å²) in [4.78, 5) is 4.64. The third-order valence-electron chi connectivity index (χ3n) is 12.4. The van der Waals surface area contributed by atoms with Crippen LogP contribution in [0.5, 0.6) is 0 Å². The average molecular weight is 879 g/mol.